The number of nitrogens with one attached hydrogen (secondary N) is 4. The number of H-pyrrole nitrogens is 1. The van der Waals surface area contributed by atoms with E-state index in [4.69, 9.17) is 0 Å². The van der Waals surface area contributed by atoms with Gasteiger partial charge in [-0.25, -0.2) is 0 Å². The van der Waals surface area contributed by atoms with Gasteiger partial charge in [0.25, 0.3) is 11.8 Å². The van der Waals surface area contributed by atoms with Crippen molar-refractivity contribution in [3.63, 3.8) is 0 Å². The second kappa shape index (κ2) is 5.98. The van der Waals surface area contributed by atoms with Gasteiger partial charge in [0.05, 0.1) is 0 Å². The van der Waals surface area contributed by atoms with E-state index in [1.165, 1.54) is 0 Å². The lowest BCUT2D eigenvalue weighted by Gasteiger charge is -2.13. The van der Waals surface area contributed by atoms with Crippen molar-refractivity contribution in [3.8, 4) is 0 Å². The van der Waals surface area contributed by atoms with Gasteiger partial charge in [0.15, 0.2) is 5.69 Å². The van der Waals surface area contributed by atoms with E-state index in [0.717, 1.165) is 24.2 Å². The van der Waals surface area contributed by atoms with Gasteiger partial charge >= 0.3 is 0 Å². The Labute approximate surface area is 127 Å². The number of carbonyl (C=O) groups is 2. The van der Waals surface area contributed by atoms with Crippen LogP contribution in [0.2, 0.25) is 0 Å². The van der Waals surface area contributed by atoms with Gasteiger partial charge in [0.2, 0.25) is 0 Å². The van der Waals surface area contributed by atoms with E-state index in [2.05, 4.69) is 26.1 Å². The van der Waals surface area contributed by atoms with Crippen LogP contribution in [0.1, 0.15) is 32.1 Å². The summed E-state index contributed by atoms with van der Waals surface area (Å²) in [7, 11) is 1.57. The van der Waals surface area contributed by atoms with Crippen LogP contribution >= 0.6 is 0 Å². The summed E-state index contributed by atoms with van der Waals surface area (Å²) in [6.07, 6.45) is 0.835. The summed E-state index contributed by atoms with van der Waals surface area (Å²) in [6.45, 7) is 1.51. The first-order chi connectivity index (χ1) is 10.7. The fraction of sp³-hybridized carbons (Fsp3) is 0.267. The highest BCUT2D eigenvalue weighted by Gasteiger charge is 2.21. The zero-order valence-corrected chi connectivity index (χ0v) is 12.2. The predicted octanol–water partition coefficient (Wildman–Crippen LogP) is 0.667. The molecular formula is C15H17N5O2. The lowest BCUT2D eigenvalue weighted by molar-refractivity contribution is 0.0961. The molecule has 2 heterocycles. The van der Waals surface area contributed by atoms with E-state index in [9.17, 15) is 9.59 Å². The van der Waals surface area contributed by atoms with Crippen LogP contribution in [0.25, 0.3) is 0 Å². The van der Waals surface area contributed by atoms with Gasteiger partial charge in [-0.05, 0) is 18.2 Å². The minimum Gasteiger partial charge on any atom is -0.355 e. The average Bonchev–Trinajstić information content (AvgIpc) is 2.98. The SMILES string of the molecule is CNC(=O)c1cccc(NC(=O)c2n[nH]c3c2CNCC3)c1. The van der Waals surface area contributed by atoms with E-state index in [-0.39, 0.29) is 11.8 Å². The van der Waals surface area contributed by atoms with Crippen molar-refractivity contribution in [1.82, 2.24) is 20.8 Å². The topological polar surface area (TPSA) is 98.9 Å². The molecule has 22 heavy (non-hydrogen) atoms. The third-order valence-corrected chi connectivity index (χ3v) is 3.63. The summed E-state index contributed by atoms with van der Waals surface area (Å²) in [4.78, 5) is 24.0. The number of aromatic nitrogens is 2. The first kappa shape index (κ1) is 14.3. The lowest BCUT2D eigenvalue weighted by Crippen LogP contribution is -2.25. The van der Waals surface area contributed by atoms with Gasteiger partial charge in [-0.15, -0.1) is 0 Å². The Morgan fingerprint density at radius 2 is 2.14 bits per heavy atom. The molecule has 0 aliphatic carbocycles. The van der Waals surface area contributed by atoms with Crippen molar-refractivity contribution in [2.45, 2.75) is 13.0 Å². The van der Waals surface area contributed by atoms with Gasteiger partial charge in [-0.2, -0.15) is 5.10 Å². The van der Waals surface area contributed by atoms with Gasteiger partial charge in [0.1, 0.15) is 0 Å². The molecule has 0 saturated carbocycles. The first-order valence-corrected chi connectivity index (χ1v) is 7.09. The number of fused-ring (bicyclic) bond motifs is 1. The fourth-order valence-corrected chi connectivity index (χ4v) is 2.49. The highest BCUT2D eigenvalue weighted by atomic mass is 16.2. The maximum absolute atomic E-state index is 12.4. The molecule has 2 amide bonds. The molecular weight excluding hydrogens is 282 g/mol. The van der Waals surface area contributed by atoms with Crippen LogP contribution in [0.4, 0.5) is 5.69 Å². The molecule has 1 aliphatic heterocycles. The number of nitrogens with zero attached hydrogens (tertiary/aromatic N) is 1. The van der Waals surface area contributed by atoms with Gasteiger partial charge in [-0.1, -0.05) is 6.07 Å². The summed E-state index contributed by atoms with van der Waals surface area (Å²) in [5.74, 6) is -0.479. The Hall–Kier alpha value is -2.67. The molecule has 3 rings (SSSR count). The van der Waals surface area contributed by atoms with Gasteiger partial charge in [-0.3, -0.25) is 14.7 Å². The third-order valence-electron chi connectivity index (χ3n) is 3.63. The number of benzene rings is 1. The normalized spacial score (nSPS) is 13.3. The Morgan fingerprint density at radius 1 is 1.27 bits per heavy atom. The molecule has 0 fully saturated rings. The molecule has 1 aliphatic rings. The zero-order chi connectivity index (χ0) is 15.5. The molecule has 7 heteroatoms. The molecule has 0 spiro atoms. The Morgan fingerprint density at radius 3 is 2.95 bits per heavy atom. The highest BCUT2D eigenvalue weighted by molar-refractivity contribution is 6.05. The van der Waals surface area contributed by atoms with Crippen molar-refractivity contribution in [2.24, 2.45) is 0 Å². The van der Waals surface area contributed by atoms with E-state index < -0.39 is 0 Å². The van der Waals surface area contributed by atoms with Crippen LogP contribution in [0.15, 0.2) is 24.3 Å². The number of hydrogen-bond donors (Lipinski definition) is 4. The Balaban J connectivity index is 1.80. The molecule has 0 unspecified atom stereocenters. The van der Waals surface area contributed by atoms with Crippen LogP contribution in [0.3, 0.4) is 0 Å². The Kier molecular flexibility index (Phi) is 3.88. The van der Waals surface area contributed by atoms with Crippen LogP contribution in [-0.2, 0) is 13.0 Å². The van der Waals surface area contributed by atoms with Crippen LogP contribution < -0.4 is 16.0 Å². The van der Waals surface area contributed by atoms with Crippen molar-refractivity contribution < 1.29 is 9.59 Å². The summed E-state index contributed by atoms with van der Waals surface area (Å²) < 4.78 is 0. The first-order valence-electron chi connectivity index (χ1n) is 7.09. The molecule has 1 aromatic carbocycles. The third kappa shape index (κ3) is 2.71. The van der Waals surface area contributed by atoms with Crippen molar-refractivity contribution >= 4 is 17.5 Å². The minimum atomic E-state index is -0.282. The van der Waals surface area contributed by atoms with Crippen molar-refractivity contribution in [2.75, 3.05) is 18.9 Å². The van der Waals surface area contributed by atoms with Gasteiger partial charge in [0, 0.05) is 49.1 Å². The quantitative estimate of drug-likeness (QED) is 0.669. The van der Waals surface area contributed by atoms with Crippen LogP contribution in [0.5, 0.6) is 0 Å². The zero-order valence-electron chi connectivity index (χ0n) is 12.2. The minimum absolute atomic E-state index is 0.197. The molecule has 0 radical (unpaired) electrons. The highest BCUT2D eigenvalue weighted by Crippen LogP contribution is 2.17. The van der Waals surface area contributed by atoms with E-state index in [1.807, 2.05) is 0 Å². The summed E-state index contributed by atoms with van der Waals surface area (Å²) in [5.41, 5.74) is 3.36. The van der Waals surface area contributed by atoms with E-state index in [1.54, 1.807) is 31.3 Å². The predicted molar refractivity (Wildman–Crippen MR) is 81.8 cm³/mol. The number of aromatic amines is 1. The van der Waals surface area contributed by atoms with E-state index >= 15 is 0 Å². The second-order valence-corrected chi connectivity index (χ2v) is 5.07. The number of rotatable bonds is 3. The molecule has 114 valence electrons. The van der Waals surface area contributed by atoms with Crippen molar-refractivity contribution in [3.05, 3.63) is 46.8 Å². The van der Waals surface area contributed by atoms with Crippen molar-refractivity contribution in [1.29, 1.82) is 0 Å². The molecule has 0 atom stereocenters. The monoisotopic (exact) mass is 299 g/mol. The summed E-state index contributed by atoms with van der Waals surface area (Å²) >= 11 is 0. The maximum atomic E-state index is 12.4. The number of hydrogen-bond acceptors (Lipinski definition) is 4. The number of carbonyl (C=O) groups excluding carboxylic acids is 2. The Bertz CT molecular complexity index is 722. The summed E-state index contributed by atoms with van der Waals surface area (Å²) in [5, 5.41) is 15.6. The maximum Gasteiger partial charge on any atom is 0.276 e. The largest absolute Gasteiger partial charge is 0.355 e. The molecule has 2 aromatic rings. The summed E-state index contributed by atoms with van der Waals surface area (Å²) in [6, 6.07) is 6.78. The standard InChI is InChI=1S/C15H17N5O2/c1-16-14(21)9-3-2-4-10(7-9)18-15(22)13-11-8-17-6-5-12(11)19-20-13/h2-4,7,17H,5-6,8H2,1H3,(H,16,21)(H,18,22)(H,19,20). The lowest BCUT2D eigenvalue weighted by atomic mass is 10.1. The number of amides is 2. The fourth-order valence-electron chi connectivity index (χ4n) is 2.49. The average molecular weight is 299 g/mol. The molecule has 0 bridgehead atoms. The molecule has 1 aromatic heterocycles. The molecule has 0 saturated heterocycles. The number of anilines is 1. The van der Waals surface area contributed by atoms with Gasteiger partial charge < -0.3 is 16.0 Å². The smallest absolute Gasteiger partial charge is 0.276 e. The van der Waals surface area contributed by atoms with E-state index in [0.29, 0.717) is 23.5 Å². The molecule has 7 nitrogen and oxygen atoms in total. The van der Waals surface area contributed by atoms with Crippen LogP contribution in [0, 0.1) is 0 Å². The second-order valence-electron chi connectivity index (χ2n) is 5.07. The van der Waals surface area contributed by atoms with Crippen LogP contribution in [-0.4, -0.2) is 35.6 Å². The molecule has 4 N–H and O–H groups in total.